The Hall–Kier alpha value is -2.43. The number of rotatable bonds is 5. The van der Waals surface area contributed by atoms with Crippen LogP contribution in [0.5, 0.6) is 5.75 Å². The van der Waals surface area contributed by atoms with Crippen LogP contribution in [0.1, 0.15) is 5.56 Å². The molecule has 0 saturated carbocycles. The van der Waals surface area contributed by atoms with Gasteiger partial charge in [0.15, 0.2) is 0 Å². The molecule has 0 bridgehead atoms. The highest BCUT2D eigenvalue weighted by Gasteiger charge is 2.15. The largest absolute Gasteiger partial charge is 0.481 e. The quantitative estimate of drug-likeness (QED) is 0.843. The van der Waals surface area contributed by atoms with Gasteiger partial charge < -0.3 is 4.74 Å². The molecular formula is C17H15F2NO3S. The minimum atomic E-state index is -4.02. The van der Waals surface area contributed by atoms with Crippen molar-refractivity contribution in [2.24, 2.45) is 0 Å². The predicted octanol–water partition coefficient (Wildman–Crippen LogP) is 2.63. The van der Waals surface area contributed by atoms with Crippen molar-refractivity contribution in [2.45, 2.75) is 11.8 Å². The van der Waals surface area contributed by atoms with Gasteiger partial charge in [-0.3, -0.25) is 0 Å². The summed E-state index contributed by atoms with van der Waals surface area (Å²) in [7, 11) is -4.02. The molecule has 7 heteroatoms. The van der Waals surface area contributed by atoms with Gasteiger partial charge in [0.05, 0.1) is 11.4 Å². The lowest BCUT2D eigenvalue weighted by Gasteiger charge is -2.05. The topological polar surface area (TPSA) is 55.4 Å². The van der Waals surface area contributed by atoms with Crippen molar-refractivity contribution in [1.82, 2.24) is 4.72 Å². The second-order valence-corrected chi connectivity index (χ2v) is 6.60. The van der Waals surface area contributed by atoms with E-state index in [9.17, 15) is 17.2 Å². The highest BCUT2D eigenvalue weighted by molar-refractivity contribution is 7.89. The Kier molecular flexibility index (Phi) is 5.90. The Balaban J connectivity index is 1.89. The van der Waals surface area contributed by atoms with E-state index in [1.165, 1.54) is 0 Å². The Morgan fingerprint density at radius 2 is 1.75 bits per heavy atom. The summed E-state index contributed by atoms with van der Waals surface area (Å²) in [5.74, 6) is 4.01. The van der Waals surface area contributed by atoms with Crippen LogP contribution in [0.25, 0.3) is 0 Å². The fourth-order valence-electron chi connectivity index (χ4n) is 1.84. The molecule has 0 aliphatic rings. The molecule has 24 heavy (non-hydrogen) atoms. The van der Waals surface area contributed by atoms with Crippen molar-refractivity contribution in [3.05, 3.63) is 59.7 Å². The van der Waals surface area contributed by atoms with Crippen LogP contribution < -0.4 is 9.46 Å². The van der Waals surface area contributed by atoms with Crippen molar-refractivity contribution in [3.8, 4) is 17.6 Å². The number of hydrogen-bond acceptors (Lipinski definition) is 3. The molecule has 2 aromatic carbocycles. The maximum Gasteiger partial charge on any atom is 0.241 e. The maximum atomic E-state index is 13.1. The summed E-state index contributed by atoms with van der Waals surface area (Å²) in [6.07, 6.45) is 0. The Labute approximate surface area is 139 Å². The van der Waals surface area contributed by atoms with Crippen molar-refractivity contribution in [2.75, 3.05) is 13.2 Å². The summed E-state index contributed by atoms with van der Waals surface area (Å²) in [4.78, 5) is -0.488. The predicted molar refractivity (Wildman–Crippen MR) is 86.0 cm³/mol. The van der Waals surface area contributed by atoms with Crippen LogP contribution in [0, 0.1) is 30.4 Å². The zero-order chi connectivity index (χ0) is 17.6. The zero-order valence-corrected chi connectivity index (χ0v) is 13.7. The second-order valence-electron chi connectivity index (χ2n) is 4.84. The maximum absolute atomic E-state index is 13.1. The number of sulfonamides is 1. The third-order valence-electron chi connectivity index (χ3n) is 3.02. The average molecular weight is 351 g/mol. The molecule has 0 saturated heterocycles. The molecular weight excluding hydrogens is 336 g/mol. The first-order chi connectivity index (χ1) is 11.4. The van der Waals surface area contributed by atoms with E-state index < -0.39 is 26.6 Å². The van der Waals surface area contributed by atoms with Crippen LogP contribution in [0.3, 0.4) is 0 Å². The lowest BCUT2D eigenvalue weighted by atomic mass is 10.2. The smallest absolute Gasteiger partial charge is 0.241 e. The molecule has 126 valence electrons. The summed E-state index contributed by atoms with van der Waals surface area (Å²) in [6.45, 7) is 1.80. The molecule has 0 heterocycles. The molecule has 1 N–H and O–H groups in total. The van der Waals surface area contributed by atoms with E-state index in [2.05, 4.69) is 16.6 Å². The first-order valence-electron chi connectivity index (χ1n) is 6.98. The number of nitrogens with one attached hydrogen (secondary N) is 1. The van der Waals surface area contributed by atoms with Crippen LogP contribution >= 0.6 is 0 Å². The SMILES string of the molecule is Cc1ccccc1OCC#CCNS(=O)(=O)c1cc(F)cc(F)c1. The Morgan fingerprint density at radius 3 is 2.42 bits per heavy atom. The zero-order valence-electron chi connectivity index (χ0n) is 12.8. The summed E-state index contributed by atoms with van der Waals surface area (Å²) in [5.41, 5.74) is 0.966. The normalized spacial score (nSPS) is 10.8. The van der Waals surface area contributed by atoms with Gasteiger partial charge in [-0.25, -0.2) is 17.2 Å². The average Bonchev–Trinajstić information content (AvgIpc) is 2.51. The lowest BCUT2D eigenvalue weighted by Crippen LogP contribution is -2.24. The molecule has 0 spiro atoms. The third-order valence-corrected chi connectivity index (χ3v) is 4.40. The lowest BCUT2D eigenvalue weighted by molar-refractivity contribution is 0.367. The van der Waals surface area contributed by atoms with Crippen molar-refractivity contribution >= 4 is 10.0 Å². The summed E-state index contributed by atoms with van der Waals surface area (Å²) in [6, 6.07) is 9.50. The molecule has 0 aromatic heterocycles. The number of hydrogen-bond donors (Lipinski definition) is 1. The first-order valence-corrected chi connectivity index (χ1v) is 8.47. The fraction of sp³-hybridized carbons (Fsp3) is 0.176. The molecule has 2 rings (SSSR count). The van der Waals surface area contributed by atoms with E-state index in [4.69, 9.17) is 4.74 Å². The van der Waals surface area contributed by atoms with Gasteiger partial charge in [0.1, 0.15) is 24.0 Å². The monoisotopic (exact) mass is 351 g/mol. The standard InChI is InChI=1S/C17H15F2NO3S/c1-13-6-2-3-7-17(13)23-9-5-4-8-20-24(21,22)16-11-14(18)10-15(19)12-16/h2-3,6-7,10-12,20H,8-9H2,1H3. The molecule has 0 aliphatic carbocycles. The molecule has 0 fully saturated rings. The van der Waals surface area contributed by atoms with E-state index in [1.807, 2.05) is 25.1 Å². The minimum Gasteiger partial charge on any atom is -0.481 e. The molecule has 0 aliphatic heterocycles. The highest BCUT2D eigenvalue weighted by Crippen LogP contribution is 2.15. The minimum absolute atomic E-state index is 0.0984. The number of benzene rings is 2. The van der Waals surface area contributed by atoms with Gasteiger partial charge in [-0.05, 0) is 30.7 Å². The van der Waals surface area contributed by atoms with Gasteiger partial charge in [0.2, 0.25) is 10.0 Å². The van der Waals surface area contributed by atoms with E-state index >= 15 is 0 Å². The number of aryl methyl sites for hydroxylation is 1. The van der Waals surface area contributed by atoms with Gasteiger partial charge >= 0.3 is 0 Å². The van der Waals surface area contributed by atoms with Crippen LogP contribution in [-0.2, 0) is 10.0 Å². The Morgan fingerprint density at radius 1 is 1.08 bits per heavy atom. The molecule has 0 atom stereocenters. The van der Waals surface area contributed by atoms with Crippen LogP contribution in [-0.4, -0.2) is 21.6 Å². The van der Waals surface area contributed by atoms with Crippen molar-refractivity contribution in [1.29, 1.82) is 0 Å². The first kappa shape index (κ1) is 17.9. The van der Waals surface area contributed by atoms with Gasteiger partial charge in [0, 0.05) is 6.07 Å². The summed E-state index contributed by atoms with van der Waals surface area (Å²) in [5, 5.41) is 0. The molecule has 0 radical (unpaired) electrons. The molecule has 2 aromatic rings. The molecule has 0 unspecified atom stereocenters. The van der Waals surface area contributed by atoms with E-state index in [0.717, 1.165) is 17.7 Å². The van der Waals surface area contributed by atoms with Crippen LogP contribution in [0.15, 0.2) is 47.4 Å². The van der Waals surface area contributed by atoms with Crippen LogP contribution in [0.2, 0.25) is 0 Å². The number of para-hydroxylation sites is 1. The van der Waals surface area contributed by atoms with Gasteiger partial charge in [-0.15, -0.1) is 0 Å². The van der Waals surface area contributed by atoms with Gasteiger partial charge in [-0.1, -0.05) is 30.0 Å². The molecule has 4 nitrogen and oxygen atoms in total. The van der Waals surface area contributed by atoms with Gasteiger partial charge in [0.25, 0.3) is 0 Å². The van der Waals surface area contributed by atoms with Crippen molar-refractivity contribution in [3.63, 3.8) is 0 Å². The van der Waals surface area contributed by atoms with Gasteiger partial charge in [-0.2, -0.15) is 4.72 Å². The fourth-order valence-corrected chi connectivity index (χ4v) is 2.81. The second kappa shape index (κ2) is 7.90. The van der Waals surface area contributed by atoms with E-state index in [0.29, 0.717) is 11.8 Å². The summed E-state index contributed by atoms with van der Waals surface area (Å²) < 4.78 is 57.5. The van der Waals surface area contributed by atoms with E-state index in [1.54, 1.807) is 6.07 Å². The number of halogens is 2. The number of ether oxygens (including phenoxy) is 1. The molecule has 0 amide bonds. The van der Waals surface area contributed by atoms with E-state index in [-0.39, 0.29) is 13.2 Å². The highest BCUT2D eigenvalue weighted by atomic mass is 32.2. The van der Waals surface area contributed by atoms with Crippen molar-refractivity contribution < 1.29 is 21.9 Å². The van der Waals surface area contributed by atoms with Crippen LogP contribution in [0.4, 0.5) is 8.78 Å². The summed E-state index contributed by atoms with van der Waals surface area (Å²) >= 11 is 0. The Bertz CT molecular complexity index is 866. The third kappa shape index (κ3) is 5.05.